The summed E-state index contributed by atoms with van der Waals surface area (Å²) < 4.78 is 24.7. The molecule has 4 nitrogen and oxygen atoms in total. The van der Waals surface area contributed by atoms with Crippen molar-refractivity contribution in [2.24, 2.45) is 5.92 Å². The van der Waals surface area contributed by atoms with Gasteiger partial charge in [-0.3, -0.25) is 4.79 Å². The van der Waals surface area contributed by atoms with Crippen LogP contribution in [0.2, 0.25) is 0 Å². The molecule has 2 unspecified atom stereocenters. The van der Waals surface area contributed by atoms with E-state index >= 15 is 0 Å². The summed E-state index contributed by atoms with van der Waals surface area (Å²) in [7, 11) is -3.61. The first-order valence-electron chi connectivity index (χ1n) is 5.72. The van der Waals surface area contributed by atoms with Crippen molar-refractivity contribution in [2.45, 2.75) is 37.8 Å². The lowest BCUT2D eigenvalue weighted by atomic mass is 10.1. The van der Waals surface area contributed by atoms with Gasteiger partial charge in [-0.15, -0.1) is 0 Å². The molecule has 1 N–H and O–H groups in total. The second-order valence-electron chi connectivity index (χ2n) is 4.65. The van der Waals surface area contributed by atoms with Gasteiger partial charge in [0, 0.05) is 0 Å². The summed E-state index contributed by atoms with van der Waals surface area (Å²) in [5, 5.41) is 7.96. The molecule has 0 spiro atoms. The molecule has 0 saturated carbocycles. The van der Waals surface area contributed by atoms with Crippen molar-refractivity contribution in [3.63, 3.8) is 0 Å². The topological polar surface area (TPSA) is 71.4 Å². The van der Waals surface area contributed by atoms with Gasteiger partial charge in [-0.25, -0.2) is 8.42 Å². The van der Waals surface area contributed by atoms with E-state index in [-0.39, 0.29) is 4.90 Å². The summed E-state index contributed by atoms with van der Waals surface area (Å²) in [5.41, 5.74) is 1.63. The van der Waals surface area contributed by atoms with Gasteiger partial charge in [0.05, 0.1) is 16.1 Å². The monoisotopic (exact) mass is 270 g/mol. The maximum absolute atomic E-state index is 12.3. The van der Waals surface area contributed by atoms with E-state index in [1.165, 1.54) is 13.8 Å². The molecule has 5 heteroatoms. The van der Waals surface area contributed by atoms with Gasteiger partial charge in [0.2, 0.25) is 0 Å². The Morgan fingerprint density at radius 3 is 2.22 bits per heavy atom. The molecule has 1 aromatic rings. The standard InChI is InChI=1S/C13H18O4S/c1-8-5-6-12(9(2)7-8)18(16,17)11(4)10(3)13(14)15/h5-7,10-11H,1-4H3,(H,14,15). The molecule has 0 amide bonds. The molecule has 1 rings (SSSR count). The molecule has 0 aliphatic carbocycles. The summed E-state index contributed by atoms with van der Waals surface area (Å²) in [4.78, 5) is 11.1. The highest BCUT2D eigenvalue weighted by atomic mass is 32.2. The molecule has 18 heavy (non-hydrogen) atoms. The van der Waals surface area contributed by atoms with E-state index in [0.29, 0.717) is 5.56 Å². The van der Waals surface area contributed by atoms with Gasteiger partial charge in [-0.1, -0.05) is 24.6 Å². The Kier molecular flexibility index (Phi) is 4.16. The highest BCUT2D eigenvalue weighted by Crippen LogP contribution is 2.25. The number of carboxylic acid groups (broad SMARTS) is 1. The van der Waals surface area contributed by atoms with Crippen LogP contribution in [0.15, 0.2) is 23.1 Å². The number of sulfone groups is 1. The van der Waals surface area contributed by atoms with E-state index in [1.54, 1.807) is 25.1 Å². The van der Waals surface area contributed by atoms with Gasteiger partial charge in [0.25, 0.3) is 0 Å². The number of carboxylic acids is 1. The third-order valence-corrected chi connectivity index (χ3v) is 5.68. The molecule has 0 saturated heterocycles. The van der Waals surface area contributed by atoms with Crippen molar-refractivity contribution in [1.82, 2.24) is 0 Å². The maximum atomic E-state index is 12.3. The second kappa shape index (κ2) is 5.10. The molecule has 0 radical (unpaired) electrons. The molecule has 1 aromatic carbocycles. The summed E-state index contributed by atoms with van der Waals surface area (Å²) in [5.74, 6) is -2.04. The number of rotatable bonds is 4. The Morgan fingerprint density at radius 2 is 1.78 bits per heavy atom. The minimum Gasteiger partial charge on any atom is -0.481 e. The predicted molar refractivity (Wildman–Crippen MR) is 69.4 cm³/mol. The van der Waals surface area contributed by atoms with Crippen molar-refractivity contribution >= 4 is 15.8 Å². The average molecular weight is 270 g/mol. The van der Waals surface area contributed by atoms with Gasteiger partial charge < -0.3 is 5.11 Å². The highest BCUT2D eigenvalue weighted by Gasteiger charge is 2.33. The van der Waals surface area contributed by atoms with Crippen molar-refractivity contribution < 1.29 is 18.3 Å². The molecule has 0 heterocycles. The maximum Gasteiger partial charge on any atom is 0.307 e. The molecular formula is C13H18O4S. The first-order valence-corrected chi connectivity index (χ1v) is 7.26. The average Bonchev–Trinajstić information content (AvgIpc) is 2.26. The Balaban J connectivity index is 3.25. The third kappa shape index (κ3) is 2.72. The first kappa shape index (κ1) is 14.7. The minimum atomic E-state index is -3.61. The van der Waals surface area contributed by atoms with Crippen molar-refractivity contribution in [3.8, 4) is 0 Å². The van der Waals surface area contributed by atoms with E-state index in [4.69, 9.17) is 5.11 Å². The Morgan fingerprint density at radius 1 is 1.22 bits per heavy atom. The Hall–Kier alpha value is -1.36. The van der Waals surface area contributed by atoms with Crippen LogP contribution in [0.5, 0.6) is 0 Å². The van der Waals surface area contributed by atoms with Gasteiger partial charge >= 0.3 is 5.97 Å². The van der Waals surface area contributed by atoms with E-state index < -0.39 is 27.0 Å². The summed E-state index contributed by atoms with van der Waals surface area (Å²) in [6.45, 7) is 6.45. The second-order valence-corrected chi connectivity index (χ2v) is 6.92. The predicted octanol–water partition coefficient (Wildman–Crippen LogP) is 2.19. The van der Waals surface area contributed by atoms with Crippen LogP contribution in [-0.2, 0) is 14.6 Å². The molecule has 0 bridgehead atoms. The zero-order chi connectivity index (χ0) is 14.1. The molecular weight excluding hydrogens is 252 g/mol. The van der Waals surface area contributed by atoms with Crippen molar-refractivity contribution in [1.29, 1.82) is 0 Å². The van der Waals surface area contributed by atoms with Crippen molar-refractivity contribution in [2.75, 3.05) is 0 Å². The van der Waals surface area contributed by atoms with Crippen LogP contribution in [0.3, 0.4) is 0 Å². The molecule has 0 aliphatic heterocycles. The fraction of sp³-hybridized carbons (Fsp3) is 0.462. The Labute approximate surface area is 108 Å². The van der Waals surface area contributed by atoms with Crippen LogP contribution >= 0.6 is 0 Å². The van der Waals surface area contributed by atoms with Crippen LogP contribution in [-0.4, -0.2) is 24.7 Å². The van der Waals surface area contributed by atoms with Crippen LogP contribution < -0.4 is 0 Å². The quantitative estimate of drug-likeness (QED) is 0.910. The fourth-order valence-corrected chi connectivity index (χ4v) is 3.61. The lowest BCUT2D eigenvalue weighted by Gasteiger charge is -2.18. The van der Waals surface area contributed by atoms with Crippen LogP contribution in [0.25, 0.3) is 0 Å². The number of hydrogen-bond donors (Lipinski definition) is 1. The fourth-order valence-electron chi connectivity index (χ4n) is 1.79. The van der Waals surface area contributed by atoms with E-state index in [9.17, 15) is 13.2 Å². The zero-order valence-electron chi connectivity index (χ0n) is 11.0. The smallest absolute Gasteiger partial charge is 0.307 e. The molecule has 0 aliphatic rings. The number of aliphatic carboxylic acids is 1. The number of benzene rings is 1. The molecule has 0 aromatic heterocycles. The van der Waals surface area contributed by atoms with Gasteiger partial charge in [-0.2, -0.15) is 0 Å². The number of aryl methyl sites for hydroxylation is 2. The first-order chi connectivity index (χ1) is 8.17. The molecule has 100 valence electrons. The Bertz CT molecular complexity index is 560. The van der Waals surface area contributed by atoms with Crippen LogP contribution in [0.1, 0.15) is 25.0 Å². The lowest BCUT2D eigenvalue weighted by Crippen LogP contribution is -2.31. The SMILES string of the molecule is Cc1ccc(S(=O)(=O)C(C)C(C)C(=O)O)c(C)c1. The summed E-state index contributed by atoms with van der Waals surface area (Å²) in [6.07, 6.45) is 0. The van der Waals surface area contributed by atoms with E-state index in [1.807, 2.05) is 6.92 Å². The number of hydrogen-bond acceptors (Lipinski definition) is 3. The van der Waals surface area contributed by atoms with Gasteiger partial charge in [0.1, 0.15) is 0 Å². The zero-order valence-corrected chi connectivity index (χ0v) is 11.8. The van der Waals surface area contributed by atoms with Gasteiger partial charge in [0.15, 0.2) is 9.84 Å². The lowest BCUT2D eigenvalue weighted by molar-refractivity contribution is -0.141. The van der Waals surface area contributed by atoms with Gasteiger partial charge in [-0.05, 0) is 32.4 Å². The van der Waals surface area contributed by atoms with Crippen LogP contribution in [0, 0.1) is 19.8 Å². The van der Waals surface area contributed by atoms with Crippen LogP contribution in [0.4, 0.5) is 0 Å². The summed E-state index contributed by atoms with van der Waals surface area (Å²) in [6, 6.07) is 5.05. The highest BCUT2D eigenvalue weighted by molar-refractivity contribution is 7.92. The molecule has 2 atom stereocenters. The summed E-state index contributed by atoms with van der Waals surface area (Å²) >= 11 is 0. The van der Waals surface area contributed by atoms with E-state index in [2.05, 4.69) is 0 Å². The third-order valence-electron chi connectivity index (χ3n) is 3.22. The molecule has 0 fully saturated rings. The number of carbonyl (C=O) groups is 1. The largest absolute Gasteiger partial charge is 0.481 e. The normalized spacial score (nSPS) is 15.1. The minimum absolute atomic E-state index is 0.216. The van der Waals surface area contributed by atoms with E-state index in [0.717, 1.165) is 5.56 Å². The van der Waals surface area contributed by atoms with Crippen molar-refractivity contribution in [3.05, 3.63) is 29.3 Å².